The first-order chi connectivity index (χ1) is 16.1. The Morgan fingerprint density at radius 1 is 1.09 bits per heavy atom. The van der Waals surface area contributed by atoms with E-state index in [1.807, 2.05) is 42.5 Å². The zero-order chi connectivity index (χ0) is 22.5. The largest absolute Gasteiger partial charge is 0.497 e. The Balaban J connectivity index is 1.63. The summed E-state index contributed by atoms with van der Waals surface area (Å²) >= 11 is 6.34. The normalized spacial score (nSPS) is 18.5. The van der Waals surface area contributed by atoms with Crippen LogP contribution < -0.4 is 14.8 Å². The van der Waals surface area contributed by atoms with Gasteiger partial charge in [-0.25, -0.2) is 9.07 Å². The van der Waals surface area contributed by atoms with Crippen LogP contribution in [0.3, 0.4) is 0 Å². The Morgan fingerprint density at radius 3 is 2.70 bits per heavy atom. The Kier molecular flexibility index (Phi) is 4.58. The van der Waals surface area contributed by atoms with E-state index in [2.05, 4.69) is 15.4 Å². The lowest BCUT2D eigenvalue weighted by atomic mass is 9.84. The lowest BCUT2D eigenvalue weighted by Gasteiger charge is -2.39. The first-order valence-corrected chi connectivity index (χ1v) is 10.8. The van der Waals surface area contributed by atoms with Crippen molar-refractivity contribution in [3.8, 4) is 11.5 Å². The highest BCUT2D eigenvalue weighted by atomic mass is 35.5. The van der Waals surface area contributed by atoms with E-state index in [-0.39, 0.29) is 5.82 Å². The molecule has 0 radical (unpaired) electrons. The van der Waals surface area contributed by atoms with Crippen LogP contribution in [0, 0.1) is 5.82 Å². The zero-order valence-electron chi connectivity index (χ0n) is 17.5. The van der Waals surface area contributed by atoms with Crippen LogP contribution in [0.15, 0.2) is 78.6 Å². The summed E-state index contributed by atoms with van der Waals surface area (Å²) in [6.07, 6.45) is 0.950. The molecule has 0 bridgehead atoms. The average molecular weight is 461 g/mol. The van der Waals surface area contributed by atoms with E-state index in [0.29, 0.717) is 22.3 Å². The van der Waals surface area contributed by atoms with Crippen LogP contribution in [0.2, 0.25) is 5.02 Å². The molecule has 3 heterocycles. The molecule has 0 aliphatic carbocycles. The number of halogens is 2. The fourth-order valence-electron chi connectivity index (χ4n) is 4.49. The van der Waals surface area contributed by atoms with Crippen molar-refractivity contribution >= 4 is 23.2 Å². The van der Waals surface area contributed by atoms with Gasteiger partial charge in [0, 0.05) is 21.7 Å². The highest BCUT2D eigenvalue weighted by molar-refractivity contribution is 6.30. The van der Waals surface area contributed by atoms with Gasteiger partial charge in [-0.2, -0.15) is 10.1 Å². The predicted octanol–water partition coefficient (Wildman–Crippen LogP) is 5.64. The number of aromatic nitrogens is 3. The van der Waals surface area contributed by atoms with E-state index in [4.69, 9.17) is 21.1 Å². The van der Waals surface area contributed by atoms with Crippen molar-refractivity contribution in [2.75, 3.05) is 12.4 Å². The molecule has 1 aromatic heterocycles. The number of benzene rings is 3. The maximum atomic E-state index is 15.1. The summed E-state index contributed by atoms with van der Waals surface area (Å²) in [5.74, 6) is 1.60. The molecule has 0 unspecified atom stereocenters. The van der Waals surface area contributed by atoms with Crippen molar-refractivity contribution in [1.29, 1.82) is 0 Å². The van der Waals surface area contributed by atoms with Crippen molar-refractivity contribution in [3.63, 3.8) is 0 Å². The number of nitrogens with zero attached hydrogens (tertiary/aromatic N) is 3. The molecular formula is C25H18ClFN4O2. The molecule has 6 nitrogen and oxygen atoms in total. The van der Waals surface area contributed by atoms with E-state index in [1.54, 1.807) is 30.0 Å². The predicted molar refractivity (Wildman–Crippen MR) is 123 cm³/mol. The number of ether oxygens (including phenoxy) is 2. The van der Waals surface area contributed by atoms with Crippen molar-refractivity contribution in [3.05, 3.63) is 106 Å². The molecule has 2 atom stereocenters. The van der Waals surface area contributed by atoms with Crippen molar-refractivity contribution in [2.45, 2.75) is 12.1 Å². The molecule has 4 aromatic rings. The van der Waals surface area contributed by atoms with Crippen LogP contribution in [0.25, 0.3) is 5.70 Å². The van der Waals surface area contributed by atoms with Gasteiger partial charge in [0.25, 0.3) is 0 Å². The molecule has 1 N–H and O–H groups in total. The first kappa shape index (κ1) is 19.8. The SMILES string of the molecule is COc1ccc([C@@H]2Oc3ccc(Cl)cc3C3=C2[C@H](c2ccccc2F)n2ncnc2N3)cc1. The number of fused-ring (bicyclic) bond motifs is 3. The molecule has 0 amide bonds. The summed E-state index contributed by atoms with van der Waals surface area (Å²) in [7, 11) is 1.62. The van der Waals surface area contributed by atoms with Crippen LogP contribution in [-0.4, -0.2) is 21.9 Å². The highest BCUT2D eigenvalue weighted by Crippen LogP contribution is 2.51. The molecule has 33 heavy (non-hydrogen) atoms. The van der Waals surface area contributed by atoms with Crippen LogP contribution in [0.5, 0.6) is 11.5 Å². The minimum absolute atomic E-state index is 0.330. The molecule has 164 valence electrons. The molecule has 0 spiro atoms. The standard InChI is InChI=1S/C25H18ClFN4O2/c1-32-16-9-6-14(7-10-16)24-21-22(18-12-15(26)8-11-20(18)33-24)30-25-28-13-29-31(25)23(21)17-4-2-3-5-19(17)27/h2-13,23-24H,1H3,(H,28,29,30)/t23-,24-/m0/s1. The quantitative estimate of drug-likeness (QED) is 0.428. The van der Waals surface area contributed by atoms with Crippen molar-refractivity contribution in [2.24, 2.45) is 0 Å². The third kappa shape index (κ3) is 3.15. The maximum Gasteiger partial charge on any atom is 0.226 e. The van der Waals surface area contributed by atoms with Crippen LogP contribution >= 0.6 is 11.6 Å². The highest BCUT2D eigenvalue weighted by Gasteiger charge is 2.41. The van der Waals surface area contributed by atoms with Gasteiger partial charge in [-0.3, -0.25) is 0 Å². The molecule has 2 aliphatic rings. The van der Waals surface area contributed by atoms with Gasteiger partial charge < -0.3 is 14.8 Å². The van der Waals surface area contributed by atoms with E-state index in [9.17, 15) is 0 Å². The van der Waals surface area contributed by atoms with Crippen LogP contribution in [0.4, 0.5) is 10.3 Å². The summed E-state index contributed by atoms with van der Waals surface area (Å²) in [5, 5.41) is 8.38. The molecule has 0 saturated carbocycles. The third-order valence-electron chi connectivity index (χ3n) is 5.99. The van der Waals surface area contributed by atoms with Gasteiger partial charge in [-0.15, -0.1) is 0 Å². The summed E-state index contributed by atoms with van der Waals surface area (Å²) in [6, 6.07) is 19.3. The lowest BCUT2D eigenvalue weighted by Crippen LogP contribution is -2.32. The van der Waals surface area contributed by atoms with Gasteiger partial charge in [0.1, 0.15) is 35.8 Å². The van der Waals surface area contributed by atoms with Gasteiger partial charge >= 0.3 is 0 Å². The van der Waals surface area contributed by atoms with E-state index < -0.39 is 12.1 Å². The number of rotatable bonds is 3. The molecule has 0 saturated heterocycles. The van der Waals surface area contributed by atoms with Crippen molar-refractivity contribution < 1.29 is 13.9 Å². The number of anilines is 1. The van der Waals surface area contributed by atoms with E-state index in [0.717, 1.165) is 28.1 Å². The number of methoxy groups -OCH3 is 1. The maximum absolute atomic E-state index is 15.1. The summed E-state index contributed by atoms with van der Waals surface area (Å²) in [5.41, 5.74) is 3.77. The Bertz CT molecular complexity index is 1400. The van der Waals surface area contributed by atoms with E-state index >= 15 is 4.39 Å². The summed E-state index contributed by atoms with van der Waals surface area (Å²) in [6.45, 7) is 0. The Morgan fingerprint density at radius 2 is 1.91 bits per heavy atom. The second kappa shape index (κ2) is 7.64. The topological polar surface area (TPSA) is 61.2 Å². The fourth-order valence-corrected chi connectivity index (χ4v) is 4.66. The Hall–Kier alpha value is -3.84. The van der Waals surface area contributed by atoms with Crippen molar-refractivity contribution in [1.82, 2.24) is 14.8 Å². The second-order valence-corrected chi connectivity index (χ2v) is 8.26. The van der Waals surface area contributed by atoms with Gasteiger partial charge in [0.05, 0.1) is 12.8 Å². The smallest absolute Gasteiger partial charge is 0.226 e. The Labute approximate surface area is 194 Å². The van der Waals surface area contributed by atoms with E-state index in [1.165, 1.54) is 12.4 Å². The molecule has 6 rings (SSSR count). The lowest BCUT2D eigenvalue weighted by molar-refractivity contribution is 0.222. The average Bonchev–Trinajstić information content (AvgIpc) is 3.31. The van der Waals surface area contributed by atoms with Gasteiger partial charge in [-0.05, 0) is 42.0 Å². The fraction of sp³-hybridized carbons (Fsp3) is 0.120. The summed E-state index contributed by atoms with van der Waals surface area (Å²) in [4.78, 5) is 4.36. The molecule has 0 fully saturated rings. The van der Waals surface area contributed by atoms with Crippen LogP contribution in [0.1, 0.15) is 28.8 Å². The number of nitrogens with one attached hydrogen (secondary N) is 1. The summed E-state index contributed by atoms with van der Waals surface area (Å²) < 4.78 is 28.7. The van der Waals surface area contributed by atoms with Gasteiger partial charge in [0.2, 0.25) is 5.95 Å². The van der Waals surface area contributed by atoms with Crippen LogP contribution in [-0.2, 0) is 0 Å². The zero-order valence-corrected chi connectivity index (χ0v) is 18.3. The minimum atomic E-state index is -0.570. The third-order valence-corrected chi connectivity index (χ3v) is 6.23. The molecule has 2 aliphatic heterocycles. The number of hydrogen-bond acceptors (Lipinski definition) is 5. The monoisotopic (exact) mass is 460 g/mol. The molecule has 3 aromatic carbocycles. The second-order valence-electron chi connectivity index (χ2n) is 7.82. The van der Waals surface area contributed by atoms with Gasteiger partial charge in [0.15, 0.2) is 0 Å². The van der Waals surface area contributed by atoms with Gasteiger partial charge in [-0.1, -0.05) is 41.9 Å². The molecule has 8 heteroatoms. The number of hydrogen-bond donors (Lipinski definition) is 1. The minimum Gasteiger partial charge on any atom is -0.497 e. The first-order valence-electron chi connectivity index (χ1n) is 10.4. The molecular weight excluding hydrogens is 443 g/mol.